The van der Waals surface area contributed by atoms with Crippen molar-refractivity contribution in [3.05, 3.63) is 29.2 Å². The first-order valence-corrected chi connectivity index (χ1v) is 10.3. The quantitative estimate of drug-likeness (QED) is 0.806. The topological polar surface area (TPSA) is 53.7 Å². The highest BCUT2D eigenvalue weighted by atomic mass is 19.3. The minimum absolute atomic E-state index is 0.139. The van der Waals surface area contributed by atoms with Crippen molar-refractivity contribution >= 4 is 11.6 Å². The second-order valence-corrected chi connectivity index (χ2v) is 8.26. The maximum absolute atomic E-state index is 13.6. The number of rotatable bonds is 4. The van der Waals surface area contributed by atoms with E-state index in [1.54, 1.807) is 0 Å². The minimum atomic E-state index is -2.65. The molecule has 2 aromatic heterocycles. The fraction of sp³-hybridized carbons (Fsp3) is 0.650. The lowest BCUT2D eigenvalue weighted by Gasteiger charge is -2.37. The Labute approximate surface area is 162 Å². The number of fused-ring (bicyclic) bond motifs is 1. The molecule has 5 rings (SSSR count). The van der Waals surface area contributed by atoms with Gasteiger partial charge in [-0.15, -0.1) is 0 Å². The zero-order valence-corrected chi connectivity index (χ0v) is 15.9. The fourth-order valence-electron chi connectivity index (χ4n) is 4.61. The highest BCUT2D eigenvalue weighted by Gasteiger charge is 2.33. The van der Waals surface area contributed by atoms with Crippen LogP contribution in [-0.4, -0.2) is 62.5 Å². The number of carbonyl (C=O) groups is 1. The predicted molar refractivity (Wildman–Crippen MR) is 99.7 cm³/mol. The van der Waals surface area contributed by atoms with Crippen LogP contribution in [0.1, 0.15) is 72.6 Å². The molecular weight excluding hydrogens is 364 g/mol. The number of hydrogen-bond acceptors (Lipinski definition) is 4. The van der Waals surface area contributed by atoms with Crippen LogP contribution in [0.2, 0.25) is 0 Å². The van der Waals surface area contributed by atoms with E-state index in [-0.39, 0.29) is 23.2 Å². The number of halogens is 2. The predicted octanol–water partition coefficient (Wildman–Crippen LogP) is 3.24. The van der Waals surface area contributed by atoms with E-state index in [1.165, 1.54) is 25.1 Å². The molecule has 8 heteroatoms. The number of piperidine rings is 1. The molecule has 1 unspecified atom stereocenters. The van der Waals surface area contributed by atoms with E-state index in [4.69, 9.17) is 0 Å². The van der Waals surface area contributed by atoms with Crippen molar-refractivity contribution < 1.29 is 13.6 Å². The highest BCUT2D eigenvalue weighted by Crippen LogP contribution is 2.40. The van der Waals surface area contributed by atoms with Crippen LogP contribution in [0, 0.1) is 0 Å². The van der Waals surface area contributed by atoms with Gasteiger partial charge >= 0.3 is 0 Å². The summed E-state index contributed by atoms with van der Waals surface area (Å²) >= 11 is 0. The van der Waals surface area contributed by atoms with Crippen molar-refractivity contribution in [2.24, 2.45) is 0 Å². The highest BCUT2D eigenvalue weighted by molar-refractivity contribution is 5.99. The molecule has 28 heavy (non-hydrogen) atoms. The Morgan fingerprint density at radius 3 is 2.61 bits per heavy atom. The standard InChI is InChI=1S/C20H25F2N5O/c21-18(22)17-10-16(13-5-6-13)24-19-15(11-23-27(17)19)20(28)26-9-3-4-14(12-26)25-7-1-2-8-25/h10-11,13-14,18H,1-9,12H2. The van der Waals surface area contributed by atoms with Crippen LogP contribution < -0.4 is 0 Å². The Morgan fingerprint density at radius 1 is 1.11 bits per heavy atom. The van der Waals surface area contributed by atoms with E-state index in [0.717, 1.165) is 43.3 Å². The first kappa shape index (κ1) is 18.0. The van der Waals surface area contributed by atoms with Crippen LogP contribution in [0.15, 0.2) is 12.3 Å². The second kappa shape index (κ2) is 7.06. The van der Waals surface area contributed by atoms with E-state index in [0.29, 0.717) is 30.4 Å². The summed E-state index contributed by atoms with van der Waals surface area (Å²) in [6.07, 6.45) is 5.21. The summed E-state index contributed by atoms with van der Waals surface area (Å²) in [6, 6.07) is 1.84. The zero-order chi connectivity index (χ0) is 19.3. The van der Waals surface area contributed by atoms with E-state index in [1.807, 2.05) is 4.90 Å². The number of likely N-dealkylation sites (tertiary alicyclic amines) is 2. The minimum Gasteiger partial charge on any atom is -0.337 e. The third-order valence-electron chi connectivity index (χ3n) is 6.31. The number of aromatic nitrogens is 3. The average molecular weight is 389 g/mol. The summed E-state index contributed by atoms with van der Waals surface area (Å²) in [7, 11) is 0. The molecule has 150 valence electrons. The lowest BCUT2D eigenvalue weighted by Crippen LogP contribution is -2.49. The molecule has 0 spiro atoms. The maximum Gasteiger partial charge on any atom is 0.280 e. The number of alkyl halides is 2. The van der Waals surface area contributed by atoms with Gasteiger partial charge in [-0.05, 0) is 57.7 Å². The lowest BCUT2D eigenvalue weighted by atomic mass is 10.0. The van der Waals surface area contributed by atoms with Crippen LogP contribution in [-0.2, 0) is 0 Å². The third kappa shape index (κ3) is 3.17. The summed E-state index contributed by atoms with van der Waals surface area (Å²) < 4.78 is 28.3. The number of nitrogens with zero attached hydrogens (tertiary/aromatic N) is 5. The molecule has 0 bridgehead atoms. The lowest BCUT2D eigenvalue weighted by molar-refractivity contribution is 0.0609. The second-order valence-electron chi connectivity index (χ2n) is 8.26. The molecule has 6 nitrogen and oxygen atoms in total. The van der Waals surface area contributed by atoms with Gasteiger partial charge in [-0.3, -0.25) is 9.69 Å². The third-order valence-corrected chi connectivity index (χ3v) is 6.31. The monoisotopic (exact) mass is 389 g/mol. The molecule has 3 aliphatic rings. The molecule has 1 aliphatic carbocycles. The normalized spacial score (nSPS) is 23.8. The number of amides is 1. The molecule has 1 amide bonds. The number of hydrogen-bond donors (Lipinski definition) is 0. The molecule has 4 heterocycles. The van der Waals surface area contributed by atoms with E-state index < -0.39 is 6.43 Å². The van der Waals surface area contributed by atoms with Gasteiger partial charge in [0.15, 0.2) is 5.65 Å². The van der Waals surface area contributed by atoms with Crippen LogP contribution in [0.4, 0.5) is 8.78 Å². The molecule has 1 atom stereocenters. The Balaban J connectivity index is 1.45. The maximum atomic E-state index is 13.6. The van der Waals surface area contributed by atoms with Crippen molar-refractivity contribution in [2.45, 2.75) is 56.9 Å². The average Bonchev–Trinajstić information content (AvgIpc) is 3.25. The van der Waals surface area contributed by atoms with Crippen molar-refractivity contribution in [3.8, 4) is 0 Å². The molecule has 0 aromatic carbocycles. The Morgan fingerprint density at radius 2 is 1.89 bits per heavy atom. The molecule has 0 radical (unpaired) electrons. The summed E-state index contributed by atoms with van der Waals surface area (Å²) in [4.78, 5) is 22.1. The summed E-state index contributed by atoms with van der Waals surface area (Å²) in [5, 5.41) is 4.09. The van der Waals surface area contributed by atoms with Gasteiger partial charge in [0.05, 0.1) is 6.20 Å². The zero-order valence-electron chi connectivity index (χ0n) is 15.9. The largest absolute Gasteiger partial charge is 0.337 e. The molecule has 3 fully saturated rings. The van der Waals surface area contributed by atoms with Gasteiger partial charge in [-0.25, -0.2) is 18.3 Å². The summed E-state index contributed by atoms with van der Waals surface area (Å²) in [5.41, 5.74) is 1.09. The molecule has 2 aliphatic heterocycles. The van der Waals surface area contributed by atoms with Gasteiger partial charge < -0.3 is 4.90 Å². The van der Waals surface area contributed by atoms with Gasteiger partial charge in [-0.1, -0.05) is 0 Å². The van der Waals surface area contributed by atoms with Crippen molar-refractivity contribution in [2.75, 3.05) is 26.2 Å². The summed E-state index contributed by atoms with van der Waals surface area (Å²) in [6.45, 7) is 3.60. The van der Waals surface area contributed by atoms with E-state index in [2.05, 4.69) is 15.0 Å². The first-order chi connectivity index (χ1) is 13.6. The van der Waals surface area contributed by atoms with Gasteiger partial charge in [-0.2, -0.15) is 5.10 Å². The van der Waals surface area contributed by atoms with E-state index in [9.17, 15) is 13.6 Å². The Bertz CT molecular complexity index is 888. The SMILES string of the molecule is O=C(c1cnn2c(C(F)F)cc(C3CC3)nc12)N1CCCC(N2CCCC2)C1. The molecule has 0 N–H and O–H groups in total. The van der Waals surface area contributed by atoms with Gasteiger partial charge in [0, 0.05) is 30.7 Å². The van der Waals surface area contributed by atoms with Gasteiger partial charge in [0.25, 0.3) is 12.3 Å². The van der Waals surface area contributed by atoms with Crippen molar-refractivity contribution in [3.63, 3.8) is 0 Å². The Hall–Kier alpha value is -2.09. The van der Waals surface area contributed by atoms with Crippen LogP contribution in [0.25, 0.3) is 5.65 Å². The number of carbonyl (C=O) groups excluding carboxylic acids is 1. The van der Waals surface area contributed by atoms with Crippen molar-refractivity contribution in [1.82, 2.24) is 24.4 Å². The van der Waals surface area contributed by atoms with Crippen LogP contribution in [0.5, 0.6) is 0 Å². The molecule has 2 aromatic rings. The Kier molecular flexibility index (Phi) is 4.53. The molecule has 1 saturated carbocycles. The van der Waals surface area contributed by atoms with Crippen LogP contribution in [0.3, 0.4) is 0 Å². The van der Waals surface area contributed by atoms with Gasteiger partial charge in [0.2, 0.25) is 0 Å². The smallest absolute Gasteiger partial charge is 0.280 e. The van der Waals surface area contributed by atoms with Crippen molar-refractivity contribution in [1.29, 1.82) is 0 Å². The van der Waals surface area contributed by atoms with E-state index >= 15 is 0 Å². The molecule has 2 saturated heterocycles. The first-order valence-electron chi connectivity index (χ1n) is 10.3. The van der Waals surface area contributed by atoms with Crippen LogP contribution >= 0.6 is 0 Å². The van der Waals surface area contributed by atoms with Gasteiger partial charge in [0.1, 0.15) is 11.3 Å². The fourth-order valence-corrected chi connectivity index (χ4v) is 4.61. The molecular formula is C20H25F2N5O. The summed E-state index contributed by atoms with van der Waals surface area (Å²) in [5.74, 6) is 0.0921.